The number of piperazine rings is 1. The zero-order chi connectivity index (χ0) is 38.5. The summed E-state index contributed by atoms with van der Waals surface area (Å²) in [5.74, 6) is -0.192. The highest BCUT2D eigenvalue weighted by Crippen LogP contribution is 2.48. The second-order valence-electron chi connectivity index (χ2n) is 16.0. The number of ether oxygens (including phenoxy) is 2. The van der Waals surface area contributed by atoms with Crippen LogP contribution < -0.4 is 19.7 Å². The van der Waals surface area contributed by atoms with E-state index in [-0.39, 0.29) is 28.7 Å². The summed E-state index contributed by atoms with van der Waals surface area (Å²) in [5.41, 5.74) is 2.07. The summed E-state index contributed by atoms with van der Waals surface area (Å²) < 4.78 is 41.7. The Morgan fingerprint density at radius 2 is 1.89 bits per heavy atom. The molecular weight excluding hydrogens is 724 g/mol. The van der Waals surface area contributed by atoms with Crippen molar-refractivity contribution in [2.75, 3.05) is 63.9 Å². The number of carbonyl (C=O) groups excluding carboxylic acids is 2. The SMILES string of the molecule is CCCN1CCNCC1.CCO[C@]1(C=O)/C=C/C[C@H](C)[C@@H](C)S(=O)(=O)NC(=O)c2ccc3c(c2)N(C[C@@H]2CC[C@H]21)C[C@@]1(CCCc2cc(Cl)ccc21)CO3. The number of allylic oxidation sites excluding steroid dienone is 1. The first kappa shape index (κ1) is 40.7. The van der Waals surface area contributed by atoms with E-state index in [1.807, 2.05) is 32.1 Å². The van der Waals surface area contributed by atoms with Crippen LogP contribution in [0.15, 0.2) is 48.6 Å². The number of aryl methyl sites for hydroxylation is 1. The number of nitrogens with one attached hydrogen (secondary N) is 2. The smallest absolute Gasteiger partial charge is 0.264 e. The Morgan fingerprint density at radius 3 is 2.59 bits per heavy atom. The largest absolute Gasteiger partial charge is 0.490 e. The lowest BCUT2D eigenvalue weighted by Crippen LogP contribution is -2.54. The zero-order valence-corrected chi connectivity index (χ0v) is 34.0. The van der Waals surface area contributed by atoms with Crippen molar-refractivity contribution in [1.82, 2.24) is 14.9 Å². The fourth-order valence-corrected chi connectivity index (χ4v) is 10.6. The van der Waals surface area contributed by atoms with Gasteiger partial charge in [0.2, 0.25) is 10.0 Å². The minimum Gasteiger partial charge on any atom is -0.490 e. The Hall–Kier alpha value is -2.96. The van der Waals surface area contributed by atoms with Gasteiger partial charge in [-0.15, -0.1) is 0 Å². The number of hydrogen-bond donors (Lipinski definition) is 2. The molecule has 296 valence electrons. The summed E-state index contributed by atoms with van der Waals surface area (Å²) in [5, 5.41) is 3.21. The quantitative estimate of drug-likeness (QED) is 0.272. The maximum atomic E-state index is 13.4. The van der Waals surface area contributed by atoms with Crippen LogP contribution in [-0.2, 0) is 31.4 Å². The number of nitrogens with zero attached hydrogens (tertiary/aromatic N) is 2. The van der Waals surface area contributed by atoms with Crippen LogP contribution in [-0.4, -0.2) is 95.4 Å². The van der Waals surface area contributed by atoms with Crippen molar-refractivity contribution in [1.29, 1.82) is 0 Å². The highest BCUT2D eigenvalue weighted by molar-refractivity contribution is 7.90. The first-order valence-electron chi connectivity index (χ1n) is 20.0. The number of carbonyl (C=O) groups is 2. The maximum absolute atomic E-state index is 13.4. The number of benzene rings is 2. The number of anilines is 1. The molecule has 12 heteroatoms. The van der Waals surface area contributed by atoms with Gasteiger partial charge in [0.05, 0.1) is 17.5 Å². The Morgan fingerprint density at radius 1 is 1.09 bits per heavy atom. The Bertz CT molecular complexity index is 1780. The van der Waals surface area contributed by atoms with Crippen molar-refractivity contribution < 1.29 is 27.5 Å². The van der Waals surface area contributed by atoms with Crippen LogP contribution in [0.2, 0.25) is 5.02 Å². The van der Waals surface area contributed by atoms with Gasteiger partial charge in [-0.05, 0) is 125 Å². The van der Waals surface area contributed by atoms with E-state index in [9.17, 15) is 18.0 Å². The molecule has 3 heterocycles. The first-order chi connectivity index (χ1) is 25.9. The van der Waals surface area contributed by atoms with Crippen molar-refractivity contribution in [2.45, 2.75) is 88.9 Å². The van der Waals surface area contributed by atoms with Gasteiger partial charge in [-0.3, -0.25) is 9.59 Å². The highest BCUT2D eigenvalue weighted by atomic mass is 35.5. The summed E-state index contributed by atoms with van der Waals surface area (Å²) >= 11 is 6.41. The Labute approximate surface area is 327 Å². The van der Waals surface area contributed by atoms with Gasteiger partial charge in [0.25, 0.3) is 5.91 Å². The van der Waals surface area contributed by atoms with Crippen molar-refractivity contribution in [3.63, 3.8) is 0 Å². The molecule has 0 unspecified atom stereocenters. The second kappa shape index (κ2) is 17.5. The van der Waals surface area contributed by atoms with Crippen molar-refractivity contribution in [3.8, 4) is 5.75 Å². The Kier molecular flexibility index (Phi) is 13.2. The monoisotopic (exact) mass is 782 g/mol. The molecule has 2 aromatic carbocycles. The molecule has 1 saturated heterocycles. The third-order valence-corrected chi connectivity index (χ3v) is 14.6. The molecule has 1 amide bonds. The van der Waals surface area contributed by atoms with Crippen LogP contribution in [0.3, 0.4) is 0 Å². The van der Waals surface area contributed by atoms with Gasteiger partial charge in [-0.1, -0.05) is 37.6 Å². The predicted octanol–water partition coefficient (Wildman–Crippen LogP) is 6.16. The first-order valence-corrected chi connectivity index (χ1v) is 21.9. The molecule has 54 heavy (non-hydrogen) atoms. The van der Waals surface area contributed by atoms with Crippen LogP contribution in [0.5, 0.6) is 5.75 Å². The average molecular weight is 783 g/mol. The van der Waals surface area contributed by atoms with E-state index < -0.39 is 26.8 Å². The molecule has 10 nitrogen and oxygen atoms in total. The van der Waals surface area contributed by atoms with Crippen LogP contribution in [0, 0.1) is 17.8 Å². The average Bonchev–Trinajstić information content (AvgIpc) is 3.29. The fraction of sp³-hybridized carbons (Fsp3) is 0.619. The van der Waals surface area contributed by atoms with Gasteiger partial charge in [0.1, 0.15) is 11.4 Å². The molecule has 5 aliphatic rings. The van der Waals surface area contributed by atoms with Gasteiger partial charge >= 0.3 is 0 Å². The van der Waals surface area contributed by atoms with Gasteiger partial charge in [-0.2, -0.15) is 0 Å². The fourth-order valence-electron chi connectivity index (χ4n) is 9.11. The number of hydrogen-bond acceptors (Lipinski definition) is 9. The molecule has 0 radical (unpaired) electrons. The zero-order valence-electron chi connectivity index (χ0n) is 32.4. The minimum atomic E-state index is -3.98. The van der Waals surface area contributed by atoms with Gasteiger partial charge in [-0.25, -0.2) is 13.1 Å². The lowest BCUT2D eigenvalue weighted by Gasteiger charge is -2.49. The van der Waals surface area contributed by atoms with Crippen LogP contribution in [0.25, 0.3) is 0 Å². The van der Waals surface area contributed by atoms with E-state index in [4.69, 9.17) is 21.1 Å². The summed E-state index contributed by atoms with van der Waals surface area (Å²) in [6, 6.07) is 11.3. The molecule has 1 spiro atoms. The van der Waals surface area contributed by atoms with Crippen LogP contribution in [0.1, 0.15) is 87.7 Å². The number of aldehydes is 1. The van der Waals surface area contributed by atoms with Gasteiger partial charge < -0.3 is 24.6 Å². The molecular formula is C42H59ClN4O6S. The van der Waals surface area contributed by atoms with Crippen molar-refractivity contribution in [3.05, 3.63) is 70.3 Å². The lowest BCUT2D eigenvalue weighted by atomic mass is 9.64. The van der Waals surface area contributed by atoms with E-state index in [0.717, 1.165) is 49.1 Å². The third-order valence-electron chi connectivity index (χ3n) is 12.5. The Balaban J connectivity index is 0.000000485. The molecule has 0 aromatic heterocycles. The maximum Gasteiger partial charge on any atom is 0.264 e. The lowest BCUT2D eigenvalue weighted by molar-refractivity contribution is -0.140. The van der Waals surface area contributed by atoms with Crippen LogP contribution >= 0.6 is 11.6 Å². The molecule has 2 aliphatic carbocycles. The summed E-state index contributed by atoms with van der Waals surface area (Å²) in [6.07, 6.45) is 11.0. The molecule has 2 bridgehead atoms. The number of rotatable bonds is 5. The predicted molar refractivity (Wildman–Crippen MR) is 215 cm³/mol. The highest BCUT2D eigenvalue weighted by Gasteiger charge is 2.49. The molecule has 2 N–H and O–H groups in total. The number of halogens is 1. The summed E-state index contributed by atoms with van der Waals surface area (Å²) in [7, 11) is -3.98. The summed E-state index contributed by atoms with van der Waals surface area (Å²) in [6.45, 7) is 15.8. The van der Waals surface area contributed by atoms with E-state index in [2.05, 4.69) is 38.9 Å². The van der Waals surface area contributed by atoms with E-state index in [1.54, 1.807) is 25.1 Å². The van der Waals surface area contributed by atoms with E-state index >= 15 is 0 Å². The van der Waals surface area contributed by atoms with Crippen LogP contribution in [0.4, 0.5) is 5.69 Å². The molecule has 7 rings (SSSR count). The molecule has 2 fully saturated rings. The molecule has 1 saturated carbocycles. The minimum absolute atomic E-state index is 0.0388. The van der Waals surface area contributed by atoms with Gasteiger partial charge in [0, 0.05) is 67.8 Å². The van der Waals surface area contributed by atoms with Crippen molar-refractivity contribution >= 4 is 39.5 Å². The molecule has 2 aromatic rings. The van der Waals surface area contributed by atoms with E-state index in [1.165, 1.54) is 50.3 Å². The number of sulfonamides is 1. The second-order valence-corrected chi connectivity index (χ2v) is 18.5. The number of fused-ring (bicyclic) bond motifs is 4. The van der Waals surface area contributed by atoms with Crippen molar-refractivity contribution in [2.24, 2.45) is 17.8 Å². The standard InChI is InChI=1S/C35H43ClN2O6S.C7H16N2/c1-4-44-35(21-39)16-5-7-23(2)24(3)45(41,42)37-33(40)26-10-14-32-31(18-26)38(19-27-9-12-30(27)35)20-34(22-43-32)15-6-8-25-17-28(36)11-13-29(25)34;1-2-5-9-6-3-8-4-7-9/h5,10-11,13-14,16-18,21,23-24,27,30H,4,6-9,12,15,19-20,22H2,1-3H3,(H,37,40);8H,2-7H2,1H3/b16-5+;/t23-,24+,27-,30+,34-,35-;/m0./s1. The van der Waals surface area contributed by atoms with E-state index in [0.29, 0.717) is 38.5 Å². The van der Waals surface area contributed by atoms with Gasteiger partial charge in [0.15, 0.2) is 6.29 Å². The normalized spacial score (nSPS) is 31.6. The summed E-state index contributed by atoms with van der Waals surface area (Å²) in [4.78, 5) is 31.1. The topological polar surface area (TPSA) is 117 Å². The number of amides is 1. The molecule has 3 aliphatic heterocycles. The third kappa shape index (κ3) is 8.70. The molecule has 6 atom stereocenters.